The van der Waals surface area contributed by atoms with Crippen LogP contribution in [0.2, 0.25) is 0 Å². The molecule has 7 nitrogen and oxygen atoms in total. The van der Waals surface area contributed by atoms with Crippen LogP contribution in [0, 0.1) is 11.3 Å². The predicted octanol–water partition coefficient (Wildman–Crippen LogP) is 3.71. The molecule has 0 radical (unpaired) electrons. The van der Waals surface area contributed by atoms with E-state index < -0.39 is 0 Å². The van der Waals surface area contributed by atoms with Gasteiger partial charge < -0.3 is 10.2 Å². The average molecular weight is 412 g/mol. The Morgan fingerprint density at radius 1 is 1.21 bits per heavy atom. The maximum atomic E-state index is 12.3. The first-order valence-corrected chi connectivity index (χ1v) is 8.97. The van der Waals surface area contributed by atoms with Gasteiger partial charge in [-0.1, -0.05) is 24.3 Å². The highest BCUT2D eigenvalue weighted by atomic mass is 35.5. The van der Waals surface area contributed by atoms with Crippen LogP contribution in [0.15, 0.2) is 47.3 Å². The summed E-state index contributed by atoms with van der Waals surface area (Å²) in [5.74, 6) is -0.144. The second-order valence-corrected chi connectivity index (χ2v) is 6.63. The van der Waals surface area contributed by atoms with Gasteiger partial charge in [0.1, 0.15) is 0 Å². The van der Waals surface area contributed by atoms with Crippen LogP contribution in [0.5, 0.6) is 0 Å². The number of H-pyrrole nitrogens is 1. The van der Waals surface area contributed by atoms with Crippen molar-refractivity contribution in [1.29, 1.82) is 5.26 Å². The Balaban J connectivity index is 0.00000300. The lowest BCUT2D eigenvalue weighted by atomic mass is 10.0. The molecule has 0 saturated carbocycles. The van der Waals surface area contributed by atoms with Gasteiger partial charge in [-0.25, -0.2) is 5.10 Å². The number of anilines is 2. The molecule has 2 N–H and O–H groups in total. The molecule has 0 aliphatic rings. The van der Waals surface area contributed by atoms with Crippen molar-refractivity contribution >= 4 is 40.5 Å². The van der Waals surface area contributed by atoms with E-state index in [2.05, 4.69) is 15.5 Å². The smallest absolute Gasteiger partial charge is 0.272 e. The molecule has 1 aromatic heterocycles. The lowest BCUT2D eigenvalue weighted by molar-refractivity contribution is -0.116. The first kappa shape index (κ1) is 21.9. The van der Waals surface area contributed by atoms with Crippen molar-refractivity contribution in [2.45, 2.75) is 19.3 Å². The number of unbranched alkanes of at least 4 members (excludes halogenated alkanes) is 1. The summed E-state index contributed by atoms with van der Waals surface area (Å²) in [6.45, 7) is 0. The predicted molar refractivity (Wildman–Crippen MR) is 117 cm³/mol. The number of carbonyl (C=O) groups excluding carboxylic acids is 1. The minimum atomic E-state index is -0.240. The standard InChI is InChI=1S/C21H21N5O2.ClH/c1-26(2)18-11-10-14(13-17(18)23-19(27)9-5-6-12-22)20-15-7-3-4-8-16(15)21(28)25-24-20;/h3-4,7-8,10-11,13H,5-6,9H2,1-2H3,(H,23,27)(H,25,28);1H. The van der Waals surface area contributed by atoms with Crippen molar-refractivity contribution in [1.82, 2.24) is 10.2 Å². The van der Waals surface area contributed by atoms with E-state index in [9.17, 15) is 9.59 Å². The zero-order chi connectivity index (χ0) is 20.1. The van der Waals surface area contributed by atoms with E-state index in [4.69, 9.17) is 5.26 Å². The molecule has 3 rings (SSSR count). The third kappa shape index (κ3) is 4.92. The van der Waals surface area contributed by atoms with Gasteiger partial charge >= 0.3 is 0 Å². The van der Waals surface area contributed by atoms with E-state index in [1.807, 2.05) is 61.5 Å². The quantitative estimate of drug-likeness (QED) is 0.602. The molecule has 0 aliphatic carbocycles. The maximum Gasteiger partial charge on any atom is 0.272 e. The van der Waals surface area contributed by atoms with Crippen LogP contribution in [0.4, 0.5) is 11.4 Å². The number of amides is 1. The Morgan fingerprint density at radius 2 is 1.93 bits per heavy atom. The van der Waals surface area contributed by atoms with Gasteiger partial charge in [0.2, 0.25) is 5.91 Å². The molecule has 0 aliphatic heterocycles. The molecule has 3 aromatic rings. The van der Waals surface area contributed by atoms with Gasteiger partial charge in [0.25, 0.3) is 5.56 Å². The zero-order valence-corrected chi connectivity index (χ0v) is 17.0. The second kappa shape index (κ2) is 9.71. The van der Waals surface area contributed by atoms with Crippen molar-refractivity contribution in [3.05, 3.63) is 52.8 Å². The maximum absolute atomic E-state index is 12.3. The van der Waals surface area contributed by atoms with Crippen LogP contribution in [0.1, 0.15) is 19.3 Å². The molecular weight excluding hydrogens is 390 g/mol. The molecule has 0 unspecified atom stereocenters. The molecule has 0 fully saturated rings. The number of carbonyl (C=O) groups is 1. The Kier molecular flexibility index (Phi) is 7.34. The summed E-state index contributed by atoms with van der Waals surface area (Å²) in [5, 5.41) is 19.6. The Hall–Kier alpha value is -3.37. The third-order valence-corrected chi connectivity index (χ3v) is 4.41. The number of halogens is 1. The monoisotopic (exact) mass is 411 g/mol. The second-order valence-electron chi connectivity index (χ2n) is 6.63. The minimum Gasteiger partial charge on any atom is -0.376 e. The number of fused-ring (bicyclic) bond motifs is 1. The van der Waals surface area contributed by atoms with Crippen LogP contribution in [-0.4, -0.2) is 30.2 Å². The summed E-state index contributed by atoms with van der Waals surface area (Å²) in [6, 6.07) is 15.0. The molecule has 8 heteroatoms. The van der Waals surface area contributed by atoms with E-state index in [-0.39, 0.29) is 30.3 Å². The average Bonchev–Trinajstić information content (AvgIpc) is 2.68. The number of benzene rings is 2. The number of nitrogens with zero attached hydrogens (tertiary/aromatic N) is 3. The highest BCUT2D eigenvalue weighted by Gasteiger charge is 2.13. The van der Waals surface area contributed by atoms with Gasteiger partial charge in [-0.2, -0.15) is 10.4 Å². The number of nitrogens with one attached hydrogen (secondary N) is 2. The fraction of sp³-hybridized carbons (Fsp3) is 0.238. The van der Waals surface area contributed by atoms with Crippen LogP contribution in [-0.2, 0) is 4.79 Å². The van der Waals surface area contributed by atoms with E-state index in [1.54, 1.807) is 6.07 Å². The molecule has 0 bridgehead atoms. The van der Waals surface area contributed by atoms with Crippen molar-refractivity contribution in [2.24, 2.45) is 0 Å². The first-order chi connectivity index (χ1) is 13.5. The number of hydrogen-bond acceptors (Lipinski definition) is 5. The van der Waals surface area contributed by atoms with Crippen LogP contribution in [0.25, 0.3) is 22.0 Å². The summed E-state index contributed by atoms with van der Waals surface area (Å²) >= 11 is 0. The summed E-state index contributed by atoms with van der Waals surface area (Å²) < 4.78 is 0. The third-order valence-electron chi connectivity index (χ3n) is 4.41. The van der Waals surface area contributed by atoms with Gasteiger partial charge in [-0.05, 0) is 24.6 Å². The molecule has 2 aromatic carbocycles. The van der Waals surface area contributed by atoms with Crippen molar-refractivity contribution in [3.8, 4) is 17.3 Å². The zero-order valence-electron chi connectivity index (χ0n) is 16.2. The van der Waals surface area contributed by atoms with Crippen LogP contribution < -0.4 is 15.8 Å². The highest BCUT2D eigenvalue weighted by Crippen LogP contribution is 2.32. The first-order valence-electron chi connectivity index (χ1n) is 8.97. The molecule has 150 valence electrons. The molecule has 29 heavy (non-hydrogen) atoms. The van der Waals surface area contributed by atoms with Crippen molar-refractivity contribution in [2.75, 3.05) is 24.3 Å². The Bertz CT molecular complexity index is 1120. The van der Waals surface area contributed by atoms with Crippen LogP contribution in [0.3, 0.4) is 0 Å². The Morgan fingerprint density at radius 3 is 2.62 bits per heavy atom. The fourth-order valence-corrected chi connectivity index (χ4v) is 3.05. The topological polar surface area (TPSA) is 102 Å². The van der Waals surface area contributed by atoms with E-state index in [0.717, 1.165) is 16.6 Å². The molecule has 0 spiro atoms. The normalized spacial score (nSPS) is 10.1. The molecule has 1 heterocycles. The molecule has 0 saturated heterocycles. The molecule has 0 atom stereocenters. The minimum absolute atomic E-state index is 0. The number of rotatable bonds is 6. The lowest BCUT2D eigenvalue weighted by Gasteiger charge is -2.19. The van der Waals surface area contributed by atoms with Gasteiger partial charge in [0.15, 0.2) is 0 Å². The SMILES string of the molecule is CN(C)c1ccc(-c2n[nH]c(=O)c3ccccc23)cc1NC(=O)CCCC#N.Cl. The number of aromatic nitrogens is 2. The van der Waals surface area contributed by atoms with E-state index in [1.165, 1.54) is 0 Å². The van der Waals surface area contributed by atoms with E-state index in [0.29, 0.717) is 29.6 Å². The largest absolute Gasteiger partial charge is 0.376 e. The number of aromatic amines is 1. The van der Waals surface area contributed by atoms with Crippen LogP contribution >= 0.6 is 12.4 Å². The van der Waals surface area contributed by atoms with Gasteiger partial charge in [-0.15, -0.1) is 12.4 Å². The molecular formula is C21H22ClN5O2. The summed E-state index contributed by atoms with van der Waals surface area (Å²) in [7, 11) is 3.79. The summed E-state index contributed by atoms with van der Waals surface area (Å²) in [6.07, 6.45) is 1.15. The lowest BCUT2D eigenvalue weighted by Crippen LogP contribution is -2.16. The fourth-order valence-electron chi connectivity index (χ4n) is 3.05. The van der Waals surface area contributed by atoms with Crippen molar-refractivity contribution < 1.29 is 4.79 Å². The van der Waals surface area contributed by atoms with Gasteiger partial charge in [-0.3, -0.25) is 9.59 Å². The Labute approximate surface area is 174 Å². The summed E-state index contributed by atoms with van der Waals surface area (Å²) in [5.41, 5.74) is 2.69. The van der Waals surface area contributed by atoms with E-state index >= 15 is 0 Å². The summed E-state index contributed by atoms with van der Waals surface area (Å²) in [4.78, 5) is 26.2. The van der Waals surface area contributed by atoms with Gasteiger partial charge in [0.05, 0.1) is 28.5 Å². The molecule has 1 amide bonds. The highest BCUT2D eigenvalue weighted by molar-refractivity contribution is 5.98. The number of nitriles is 1. The number of hydrogen-bond donors (Lipinski definition) is 2. The van der Waals surface area contributed by atoms with Gasteiger partial charge in [0, 0.05) is 37.9 Å². The van der Waals surface area contributed by atoms with Crippen molar-refractivity contribution in [3.63, 3.8) is 0 Å².